The number of aliphatic hydroxyl groups is 1. The van der Waals surface area contributed by atoms with E-state index in [0.717, 1.165) is 41.4 Å². The number of nitrogens with zero attached hydrogens (tertiary/aromatic N) is 1. The minimum atomic E-state index is -4.90. The summed E-state index contributed by atoms with van der Waals surface area (Å²) in [6, 6.07) is 20.1. The number of hydrogen-bond donors (Lipinski definition) is 1. The number of carbonyl (C=O) groups excluding carboxylic acids is 1. The smallest absolute Gasteiger partial charge is 0.454 e. The predicted octanol–water partition coefficient (Wildman–Crippen LogP) is 13.4. The van der Waals surface area contributed by atoms with Crippen molar-refractivity contribution in [3.8, 4) is 21.0 Å². The fourth-order valence-corrected chi connectivity index (χ4v) is 8.30. The van der Waals surface area contributed by atoms with Crippen LogP contribution in [0.5, 0.6) is 0 Å². The Bertz CT molecular complexity index is 2060. The summed E-state index contributed by atoms with van der Waals surface area (Å²) in [6.07, 6.45) is -7.11. The molecule has 1 N–H and O–H groups in total. The monoisotopic (exact) mass is 939 g/mol. The molecule has 0 atom stereocenters. The largest absolute Gasteiger partial charge is 0.512 e. The zero-order chi connectivity index (χ0) is 38.3. The van der Waals surface area contributed by atoms with Gasteiger partial charge in [-0.25, -0.2) is 0 Å². The van der Waals surface area contributed by atoms with Crippen LogP contribution in [-0.4, -0.2) is 28.2 Å². The molecule has 0 aliphatic carbocycles. The molecule has 0 aliphatic heterocycles. The third kappa shape index (κ3) is 9.73. The van der Waals surface area contributed by atoms with Gasteiger partial charge in [-0.2, -0.15) is 26.3 Å². The van der Waals surface area contributed by atoms with E-state index in [4.69, 9.17) is 10.1 Å². The van der Waals surface area contributed by atoms with Crippen molar-refractivity contribution in [1.29, 1.82) is 0 Å². The first kappa shape index (κ1) is 43.4. The number of ketones is 1. The van der Waals surface area contributed by atoms with Gasteiger partial charge in [0.25, 0.3) is 5.78 Å². The van der Waals surface area contributed by atoms with Crippen LogP contribution >= 0.6 is 22.7 Å². The number of fused-ring (bicyclic) bond motifs is 2. The molecule has 5 rings (SSSR count). The molecule has 12 heteroatoms. The Morgan fingerprint density at radius 2 is 1.54 bits per heavy atom. The number of aromatic nitrogens is 1. The van der Waals surface area contributed by atoms with Gasteiger partial charge in [0.2, 0.25) is 0 Å². The fourth-order valence-electron chi connectivity index (χ4n) is 5.48. The van der Waals surface area contributed by atoms with E-state index in [1.54, 1.807) is 11.3 Å². The molecule has 0 spiro atoms. The van der Waals surface area contributed by atoms with E-state index in [2.05, 4.69) is 71.0 Å². The van der Waals surface area contributed by atoms with E-state index >= 15 is 0 Å². The minimum Gasteiger partial charge on any atom is -0.512 e. The van der Waals surface area contributed by atoms with Crippen molar-refractivity contribution in [3.05, 3.63) is 88.6 Å². The molecule has 0 aliphatic rings. The quantitative estimate of drug-likeness (QED) is 0.0766. The van der Waals surface area contributed by atoms with Crippen molar-refractivity contribution < 1.29 is 56.3 Å². The molecular weight excluding hydrogens is 897 g/mol. The molecule has 283 valence electrons. The van der Waals surface area contributed by atoms with Gasteiger partial charge < -0.3 is 5.11 Å². The standard InChI is InChI=1S/C33H33F3NS2.C7H9F3O2.Ir/c1-19(2)27-24-14-15-37-28(21-16-20-10-8-9-11-23(20)25(17-21)31(3,4)5)29(24)39-30(27)26-13-12-22(38-26)18-32(6,7)33(34,35)36;1-4(2)5(11)3-6(12)7(8,9)10;/h8-15,17,19H,18H2,1-7H3;3-4,11H,1-2H3;/q-1;;/b;5-3-;. The van der Waals surface area contributed by atoms with Crippen molar-refractivity contribution in [2.45, 2.75) is 92.4 Å². The summed E-state index contributed by atoms with van der Waals surface area (Å²) < 4.78 is 76.5. The molecule has 3 aromatic heterocycles. The molecule has 0 fully saturated rings. The van der Waals surface area contributed by atoms with Gasteiger partial charge in [-0.15, -0.1) is 51.8 Å². The number of pyridine rings is 1. The van der Waals surface area contributed by atoms with Crippen LogP contribution in [0.25, 0.3) is 41.9 Å². The van der Waals surface area contributed by atoms with Gasteiger partial charge in [0.15, 0.2) is 0 Å². The third-order valence-corrected chi connectivity index (χ3v) is 11.0. The summed E-state index contributed by atoms with van der Waals surface area (Å²) in [5.41, 5.74) is 2.51. The van der Waals surface area contributed by atoms with Crippen molar-refractivity contribution in [3.63, 3.8) is 0 Å². The Morgan fingerprint density at radius 1 is 0.904 bits per heavy atom. The SMILES string of the molecule is CC(C)/C(O)=C/C(=O)C(F)(F)F.CC(C)c1c(-c2ccc(CC(C)(C)C(F)(F)F)s2)sc2c(-c3[c-]c4ccccc4c(C(C)(C)C)c3)nccc12.[Ir]. The zero-order valence-corrected chi connectivity index (χ0v) is 34.4. The summed E-state index contributed by atoms with van der Waals surface area (Å²) in [7, 11) is 0. The summed E-state index contributed by atoms with van der Waals surface area (Å²) in [5, 5.41) is 12.2. The van der Waals surface area contributed by atoms with Crippen molar-refractivity contribution >= 4 is 49.3 Å². The molecule has 52 heavy (non-hydrogen) atoms. The molecule has 5 aromatic rings. The van der Waals surface area contributed by atoms with Crippen LogP contribution in [-0.2, 0) is 36.7 Å². The molecule has 3 nitrogen and oxygen atoms in total. The van der Waals surface area contributed by atoms with Crippen LogP contribution in [0.3, 0.4) is 0 Å². The number of allylic oxidation sites excluding steroid dienone is 2. The maximum atomic E-state index is 13.6. The van der Waals surface area contributed by atoms with Gasteiger partial charge in [0.1, 0.15) is 0 Å². The average Bonchev–Trinajstić information content (AvgIpc) is 3.63. The van der Waals surface area contributed by atoms with Crippen LogP contribution in [0.15, 0.2) is 66.6 Å². The van der Waals surface area contributed by atoms with Crippen molar-refractivity contribution in [1.82, 2.24) is 4.98 Å². The Hall–Kier alpha value is -3.05. The van der Waals surface area contributed by atoms with Crippen LogP contribution in [0.4, 0.5) is 26.3 Å². The Labute approximate surface area is 322 Å². The third-order valence-electron chi connectivity index (χ3n) is 8.48. The van der Waals surface area contributed by atoms with Gasteiger partial charge in [-0.05, 0) is 46.9 Å². The number of benzene rings is 2. The summed E-state index contributed by atoms with van der Waals surface area (Å²) in [5.74, 6) is -2.82. The number of carbonyl (C=O) groups is 1. The summed E-state index contributed by atoms with van der Waals surface area (Å²) in [4.78, 5) is 17.9. The summed E-state index contributed by atoms with van der Waals surface area (Å²) in [6.45, 7) is 16.5. The van der Waals surface area contributed by atoms with Crippen molar-refractivity contribution in [2.75, 3.05) is 0 Å². The van der Waals surface area contributed by atoms with E-state index < -0.39 is 35.2 Å². The van der Waals surface area contributed by atoms with Gasteiger partial charge in [-0.3, -0.25) is 9.78 Å². The number of hydrogen-bond acceptors (Lipinski definition) is 5. The number of halogens is 6. The second-order valence-electron chi connectivity index (χ2n) is 14.8. The Morgan fingerprint density at radius 3 is 2.10 bits per heavy atom. The van der Waals surface area contributed by atoms with Gasteiger partial charge >= 0.3 is 12.4 Å². The normalized spacial score (nSPS) is 13.1. The molecule has 0 unspecified atom stereocenters. The van der Waals surface area contributed by atoms with Crippen LogP contribution in [0.1, 0.15) is 84.2 Å². The number of alkyl halides is 6. The molecule has 0 saturated carbocycles. The first-order chi connectivity index (χ1) is 23.4. The Balaban J connectivity index is 0.000000484. The van der Waals surface area contributed by atoms with E-state index in [1.807, 2.05) is 24.4 Å². The topological polar surface area (TPSA) is 50.2 Å². The molecule has 0 saturated heterocycles. The van der Waals surface area contributed by atoms with Gasteiger partial charge in [-0.1, -0.05) is 91.5 Å². The molecule has 0 bridgehead atoms. The summed E-state index contributed by atoms with van der Waals surface area (Å²) >= 11 is 3.16. The Kier molecular flexibility index (Phi) is 13.4. The second-order valence-corrected chi connectivity index (χ2v) is 17.0. The maximum Gasteiger partial charge on any atom is 0.454 e. The number of rotatable bonds is 7. The fraction of sp³-hybridized carbons (Fsp3) is 0.400. The predicted molar refractivity (Wildman–Crippen MR) is 198 cm³/mol. The molecule has 0 amide bonds. The van der Waals surface area contributed by atoms with Crippen LogP contribution in [0, 0.1) is 17.4 Å². The molecule has 2 aromatic carbocycles. The van der Waals surface area contributed by atoms with Crippen molar-refractivity contribution in [2.24, 2.45) is 11.3 Å². The zero-order valence-electron chi connectivity index (χ0n) is 30.4. The van der Waals surface area contributed by atoms with Gasteiger partial charge in [0, 0.05) is 63.3 Å². The van der Waals surface area contributed by atoms with E-state index in [0.29, 0.717) is 0 Å². The maximum absolute atomic E-state index is 13.6. The molecule has 1 radical (unpaired) electrons. The average molecular weight is 939 g/mol. The van der Waals surface area contributed by atoms with E-state index in [9.17, 15) is 31.1 Å². The van der Waals surface area contributed by atoms with Crippen LogP contribution < -0.4 is 0 Å². The van der Waals surface area contributed by atoms with E-state index in [-0.39, 0.29) is 43.9 Å². The van der Waals surface area contributed by atoms with Gasteiger partial charge in [0.05, 0.1) is 11.2 Å². The number of aliphatic hydroxyl groups excluding tert-OH is 1. The molecule has 3 heterocycles. The number of thiophene rings is 2. The van der Waals surface area contributed by atoms with Crippen LogP contribution in [0.2, 0.25) is 0 Å². The minimum absolute atomic E-state index is 0. The molecular formula is C40H42F6IrNO2S2-. The first-order valence-corrected chi connectivity index (χ1v) is 18.1. The van der Waals surface area contributed by atoms with E-state index in [1.165, 1.54) is 55.5 Å². The first-order valence-electron chi connectivity index (χ1n) is 16.5. The second kappa shape index (κ2) is 16.1.